The van der Waals surface area contributed by atoms with Crippen molar-refractivity contribution in [1.82, 2.24) is 18.5 Å². The number of fused-ring (bicyclic) bond motifs is 7. The van der Waals surface area contributed by atoms with Gasteiger partial charge in [0.2, 0.25) is 5.78 Å². The number of nitrogens with zero attached hydrogens (tertiary/aromatic N) is 4. The lowest BCUT2D eigenvalue weighted by molar-refractivity contribution is 1.09. The monoisotopic (exact) mass is 626 g/mol. The Morgan fingerprint density at radius 1 is 0.347 bits per heavy atom. The highest BCUT2D eigenvalue weighted by molar-refractivity contribution is 6.11. The summed E-state index contributed by atoms with van der Waals surface area (Å²) in [7, 11) is 0. The zero-order valence-corrected chi connectivity index (χ0v) is 26.6. The zero-order chi connectivity index (χ0) is 32.3. The van der Waals surface area contributed by atoms with Gasteiger partial charge in [-0.05, 0) is 81.9 Å². The lowest BCUT2D eigenvalue weighted by Crippen LogP contribution is -1.97. The average molecular weight is 627 g/mol. The van der Waals surface area contributed by atoms with E-state index in [1.165, 1.54) is 33.4 Å². The van der Waals surface area contributed by atoms with Gasteiger partial charge in [0.25, 0.3) is 0 Å². The molecule has 0 N–H and O–H groups in total. The number of imidazole rings is 2. The highest BCUT2D eigenvalue weighted by atomic mass is 15.2. The fraction of sp³-hybridized carbons (Fsp3) is 0. The van der Waals surface area contributed by atoms with Crippen LogP contribution in [-0.2, 0) is 0 Å². The Bertz CT molecular complexity index is 2770. The molecule has 230 valence electrons. The number of rotatable bonds is 5. The topological polar surface area (TPSA) is 27.2 Å². The molecule has 7 aromatic carbocycles. The second-order valence-electron chi connectivity index (χ2n) is 12.5. The minimum atomic E-state index is 0.887. The summed E-state index contributed by atoms with van der Waals surface area (Å²) in [5.74, 6) is 0.887. The van der Waals surface area contributed by atoms with E-state index in [0.29, 0.717) is 0 Å². The smallest absolute Gasteiger partial charge is 0.222 e. The van der Waals surface area contributed by atoms with Crippen LogP contribution in [0, 0.1) is 0 Å². The van der Waals surface area contributed by atoms with Gasteiger partial charge in [0, 0.05) is 16.8 Å². The molecule has 0 aliphatic heterocycles. The Balaban J connectivity index is 1.32. The van der Waals surface area contributed by atoms with E-state index in [1.54, 1.807) is 0 Å². The maximum atomic E-state index is 5.52. The fourth-order valence-corrected chi connectivity index (χ4v) is 7.35. The van der Waals surface area contributed by atoms with E-state index in [0.717, 1.165) is 50.3 Å². The third kappa shape index (κ3) is 4.35. The molecule has 0 amide bonds. The molecule has 0 saturated heterocycles. The minimum Gasteiger partial charge on any atom is -0.292 e. The lowest BCUT2D eigenvalue weighted by atomic mass is 10.0. The Kier molecular flexibility index (Phi) is 6.15. The van der Waals surface area contributed by atoms with Crippen molar-refractivity contribution >= 4 is 38.9 Å². The van der Waals surface area contributed by atoms with Crippen LogP contribution in [0.15, 0.2) is 182 Å². The molecule has 0 saturated carbocycles. The molecule has 0 atom stereocenters. The van der Waals surface area contributed by atoms with E-state index in [-0.39, 0.29) is 0 Å². The molecule has 3 aromatic heterocycles. The van der Waals surface area contributed by atoms with Crippen LogP contribution in [0.4, 0.5) is 0 Å². The molecular weight excluding hydrogens is 597 g/mol. The van der Waals surface area contributed by atoms with Gasteiger partial charge in [-0.25, -0.2) is 0 Å². The van der Waals surface area contributed by atoms with Crippen molar-refractivity contribution in [2.24, 2.45) is 0 Å². The molecule has 49 heavy (non-hydrogen) atoms. The number of benzene rings is 7. The summed E-state index contributed by atoms with van der Waals surface area (Å²) in [5.41, 5.74) is 14.7. The SMILES string of the molecule is c1ccc(-c2ccc(-n3c4ccc(-c5ccccc5)cc4c4c3nc3n(-c5ccccc5)c5ccc(-c6ccccc6)cc5n43)cc2)cc1. The molecule has 10 rings (SSSR count). The van der Waals surface area contributed by atoms with Gasteiger partial charge in [0.15, 0.2) is 5.65 Å². The minimum absolute atomic E-state index is 0.887. The van der Waals surface area contributed by atoms with Crippen molar-refractivity contribution < 1.29 is 0 Å². The summed E-state index contributed by atoms with van der Waals surface area (Å²) >= 11 is 0. The van der Waals surface area contributed by atoms with Crippen molar-refractivity contribution in [2.75, 3.05) is 0 Å². The molecule has 0 unspecified atom stereocenters. The van der Waals surface area contributed by atoms with Crippen molar-refractivity contribution in [3.63, 3.8) is 0 Å². The van der Waals surface area contributed by atoms with E-state index in [2.05, 4.69) is 196 Å². The van der Waals surface area contributed by atoms with Crippen LogP contribution in [0.25, 0.3) is 83.6 Å². The number of aromatic nitrogens is 4. The van der Waals surface area contributed by atoms with Gasteiger partial charge in [-0.2, -0.15) is 4.98 Å². The van der Waals surface area contributed by atoms with E-state index in [1.807, 2.05) is 0 Å². The predicted molar refractivity (Wildman–Crippen MR) is 203 cm³/mol. The quantitative estimate of drug-likeness (QED) is 0.187. The van der Waals surface area contributed by atoms with Gasteiger partial charge in [-0.3, -0.25) is 13.5 Å². The van der Waals surface area contributed by atoms with Crippen molar-refractivity contribution in [1.29, 1.82) is 0 Å². The van der Waals surface area contributed by atoms with Crippen LogP contribution in [0.1, 0.15) is 0 Å². The second kappa shape index (κ2) is 11.0. The Labute approximate surface area is 283 Å². The Morgan fingerprint density at radius 2 is 0.816 bits per heavy atom. The summed E-state index contributed by atoms with van der Waals surface area (Å²) in [6, 6.07) is 64.8. The molecule has 10 aromatic rings. The normalized spacial score (nSPS) is 11.7. The van der Waals surface area contributed by atoms with Crippen LogP contribution in [0.5, 0.6) is 0 Å². The summed E-state index contributed by atoms with van der Waals surface area (Å²) in [5, 5.41) is 1.16. The third-order valence-electron chi connectivity index (χ3n) is 9.66. The van der Waals surface area contributed by atoms with Crippen LogP contribution in [-0.4, -0.2) is 18.5 Å². The van der Waals surface area contributed by atoms with Crippen LogP contribution in [0.3, 0.4) is 0 Å². The first kappa shape index (κ1) is 27.5. The van der Waals surface area contributed by atoms with Gasteiger partial charge < -0.3 is 0 Å². The van der Waals surface area contributed by atoms with Crippen LogP contribution >= 0.6 is 0 Å². The number of hydrogen-bond acceptors (Lipinski definition) is 1. The average Bonchev–Trinajstić information content (AvgIpc) is 3.81. The number of para-hydroxylation sites is 1. The predicted octanol–water partition coefficient (Wildman–Crippen LogP) is 11.4. The van der Waals surface area contributed by atoms with Crippen LogP contribution < -0.4 is 0 Å². The van der Waals surface area contributed by atoms with Gasteiger partial charge >= 0.3 is 0 Å². The molecule has 3 heterocycles. The zero-order valence-electron chi connectivity index (χ0n) is 26.6. The molecular formula is C45H30N4. The summed E-state index contributed by atoms with van der Waals surface area (Å²) in [4.78, 5) is 5.52. The first-order valence-electron chi connectivity index (χ1n) is 16.6. The van der Waals surface area contributed by atoms with Crippen LogP contribution in [0.2, 0.25) is 0 Å². The Morgan fingerprint density at radius 3 is 1.43 bits per heavy atom. The molecule has 4 heteroatoms. The highest BCUT2D eigenvalue weighted by Crippen LogP contribution is 2.39. The van der Waals surface area contributed by atoms with Gasteiger partial charge in [0.1, 0.15) is 5.52 Å². The second-order valence-corrected chi connectivity index (χ2v) is 12.5. The molecule has 0 spiro atoms. The summed E-state index contributed by atoms with van der Waals surface area (Å²) in [6.45, 7) is 0. The molecule has 0 aliphatic rings. The maximum absolute atomic E-state index is 5.52. The number of hydrogen-bond donors (Lipinski definition) is 0. The largest absolute Gasteiger partial charge is 0.292 e. The maximum Gasteiger partial charge on any atom is 0.222 e. The Hall–Kier alpha value is -6.65. The molecule has 0 bridgehead atoms. The van der Waals surface area contributed by atoms with Crippen molar-refractivity contribution in [3.05, 3.63) is 182 Å². The van der Waals surface area contributed by atoms with E-state index in [9.17, 15) is 0 Å². The molecule has 0 radical (unpaired) electrons. The summed E-state index contributed by atoms with van der Waals surface area (Å²) in [6.07, 6.45) is 0. The van der Waals surface area contributed by atoms with Gasteiger partial charge in [0.05, 0.1) is 16.6 Å². The van der Waals surface area contributed by atoms with E-state index in [4.69, 9.17) is 4.98 Å². The first-order chi connectivity index (χ1) is 24.3. The van der Waals surface area contributed by atoms with E-state index < -0.39 is 0 Å². The van der Waals surface area contributed by atoms with Gasteiger partial charge in [-0.15, -0.1) is 0 Å². The fourth-order valence-electron chi connectivity index (χ4n) is 7.35. The van der Waals surface area contributed by atoms with E-state index >= 15 is 0 Å². The third-order valence-corrected chi connectivity index (χ3v) is 9.66. The molecule has 0 fully saturated rings. The highest BCUT2D eigenvalue weighted by Gasteiger charge is 2.24. The molecule has 4 nitrogen and oxygen atoms in total. The van der Waals surface area contributed by atoms with Crippen molar-refractivity contribution in [3.8, 4) is 44.8 Å². The summed E-state index contributed by atoms with van der Waals surface area (Å²) < 4.78 is 6.99. The van der Waals surface area contributed by atoms with Gasteiger partial charge in [-0.1, -0.05) is 133 Å². The standard InChI is InChI=1S/C45H30N4/c1-5-13-31(14-6-1)34-21-25-38(26-22-34)47-40-27-23-35(32-15-7-2-8-16-32)29-39(40)43-44(47)46-45-48(37-19-11-4-12-20-37)41-28-24-36(30-42(41)49(43)45)33-17-9-3-10-18-33/h1-30H. The molecule has 0 aliphatic carbocycles. The lowest BCUT2D eigenvalue weighted by Gasteiger charge is -2.09. The first-order valence-corrected chi connectivity index (χ1v) is 16.6. The van der Waals surface area contributed by atoms with Crippen molar-refractivity contribution in [2.45, 2.75) is 0 Å².